The van der Waals surface area contributed by atoms with Gasteiger partial charge in [-0.25, -0.2) is 0 Å². The van der Waals surface area contributed by atoms with E-state index in [9.17, 15) is 9.59 Å². The van der Waals surface area contributed by atoms with Crippen molar-refractivity contribution >= 4 is 11.9 Å². The average molecular weight is 483 g/mol. The zero-order valence-corrected chi connectivity index (χ0v) is 23.0. The van der Waals surface area contributed by atoms with Crippen LogP contribution in [-0.4, -0.2) is 25.2 Å². The minimum atomic E-state index is -0.135. The van der Waals surface area contributed by atoms with Crippen LogP contribution in [0.1, 0.15) is 168 Å². The molecule has 0 bridgehead atoms. The van der Waals surface area contributed by atoms with Crippen molar-refractivity contribution in [3.63, 3.8) is 0 Å². The van der Waals surface area contributed by atoms with Gasteiger partial charge >= 0.3 is 11.9 Å². The largest absolute Gasteiger partial charge is 0.466 e. The molecule has 0 aliphatic heterocycles. The van der Waals surface area contributed by atoms with Crippen LogP contribution in [0.4, 0.5) is 0 Å². The van der Waals surface area contributed by atoms with Gasteiger partial charge < -0.3 is 9.47 Å². The van der Waals surface area contributed by atoms with Crippen molar-refractivity contribution in [1.29, 1.82) is 0 Å². The third-order valence-corrected chi connectivity index (χ3v) is 6.53. The Labute approximate surface area is 212 Å². The van der Waals surface area contributed by atoms with Gasteiger partial charge in [0.1, 0.15) is 0 Å². The monoisotopic (exact) mass is 482 g/mol. The first-order chi connectivity index (χ1) is 16.7. The van der Waals surface area contributed by atoms with Gasteiger partial charge in [0.05, 0.1) is 13.2 Å². The number of carbonyl (C=O) groups excluding carboxylic acids is 2. The molecule has 34 heavy (non-hydrogen) atoms. The molecule has 0 aromatic heterocycles. The lowest BCUT2D eigenvalue weighted by atomic mass is 10.0. The van der Waals surface area contributed by atoms with Gasteiger partial charge in [0.25, 0.3) is 0 Å². The number of hydrogen-bond acceptors (Lipinski definition) is 4. The second-order valence-corrected chi connectivity index (χ2v) is 10.0. The van der Waals surface area contributed by atoms with Gasteiger partial charge in [-0.15, -0.1) is 0 Å². The third-order valence-electron chi connectivity index (χ3n) is 6.53. The number of rotatable bonds is 27. The van der Waals surface area contributed by atoms with Crippen LogP contribution in [0, 0.1) is 0 Å². The van der Waals surface area contributed by atoms with Crippen LogP contribution in [0.3, 0.4) is 0 Å². The van der Waals surface area contributed by atoms with E-state index in [4.69, 9.17) is 9.47 Å². The van der Waals surface area contributed by atoms with E-state index in [-0.39, 0.29) is 11.9 Å². The Bertz CT molecular complexity index is 436. The molecule has 0 heterocycles. The SMILES string of the molecule is CCCCCCCCCCCCCCCCOC(=O)CCCCC(=O)OCCCCCCCC. The lowest BCUT2D eigenvalue weighted by molar-refractivity contribution is -0.146. The third kappa shape index (κ3) is 27.2. The van der Waals surface area contributed by atoms with E-state index in [1.165, 1.54) is 103 Å². The molecular formula is C30H58O4. The van der Waals surface area contributed by atoms with Gasteiger partial charge in [-0.1, -0.05) is 129 Å². The topological polar surface area (TPSA) is 52.6 Å². The predicted molar refractivity (Wildman–Crippen MR) is 144 cm³/mol. The Morgan fingerprint density at radius 2 is 0.647 bits per heavy atom. The highest BCUT2D eigenvalue weighted by Gasteiger charge is 2.06. The van der Waals surface area contributed by atoms with Crippen molar-refractivity contribution in [1.82, 2.24) is 0 Å². The molecule has 0 saturated heterocycles. The Morgan fingerprint density at radius 1 is 0.382 bits per heavy atom. The molecule has 0 atom stereocenters. The Balaban J connectivity index is 3.25. The molecule has 0 rings (SSSR count). The molecule has 0 spiro atoms. The van der Waals surface area contributed by atoms with E-state index in [2.05, 4.69) is 13.8 Å². The maximum absolute atomic E-state index is 11.8. The van der Waals surface area contributed by atoms with Gasteiger partial charge in [0.15, 0.2) is 0 Å². The van der Waals surface area contributed by atoms with Crippen molar-refractivity contribution in [3.05, 3.63) is 0 Å². The molecule has 0 aliphatic carbocycles. The second-order valence-electron chi connectivity index (χ2n) is 10.0. The fourth-order valence-electron chi connectivity index (χ4n) is 4.23. The van der Waals surface area contributed by atoms with Gasteiger partial charge in [0, 0.05) is 12.8 Å². The Morgan fingerprint density at radius 3 is 0.941 bits per heavy atom. The molecule has 4 heteroatoms. The first-order valence-corrected chi connectivity index (χ1v) is 15.0. The highest BCUT2D eigenvalue weighted by atomic mass is 16.5. The van der Waals surface area contributed by atoms with E-state index in [1.54, 1.807) is 0 Å². The number of unbranched alkanes of at least 4 members (excludes halogenated alkanes) is 19. The molecule has 202 valence electrons. The van der Waals surface area contributed by atoms with Gasteiger partial charge in [-0.05, 0) is 25.7 Å². The zero-order chi connectivity index (χ0) is 25.0. The van der Waals surface area contributed by atoms with E-state index in [0.717, 1.165) is 25.7 Å². The number of hydrogen-bond donors (Lipinski definition) is 0. The summed E-state index contributed by atoms with van der Waals surface area (Å²) in [6.07, 6.45) is 27.9. The molecule has 0 amide bonds. The summed E-state index contributed by atoms with van der Waals surface area (Å²) in [6, 6.07) is 0. The van der Waals surface area contributed by atoms with Crippen molar-refractivity contribution in [3.8, 4) is 0 Å². The average Bonchev–Trinajstić information content (AvgIpc) is 2.83. The van der Waals surface area contributed by atoms with Crippen molar-refractivity contribution in [2.75, 3.05) is 13.2 Å². The quantitative estimate of drug-likeness (QED) is 0.0864. The molecule has 4 nitrogen and oxygen atoms in total. The molecule has 0 aliphatic rings. The summed E-state index contributed by atoms with van der Waals surface area (Å²) in [4.78, 5) is 23.5. The van der Waals surface area contributed by atoms with Crippen LogP contribution in [-0.2, 0) is 19.1 Å². The summed E-state index contributed by atoms with van der Waals surface area (Å²) in [5.74, 6) is -0.264. The molecule has 0 N–H and O–H groups in total. The van der Waals surface area contributed by atoms with E-state index < -0.39 is 0 Å². The summed E-state index contributed by atoms with van der Waals surface area (Å²) in [6.45, 7) is 5.56. The first-order valence-electron chi connectivity index (χ1n) is 15.0. The van der Waals surface area contributed by atoms with Crippen molar-refractivity contribution in [2.24, 2.45) is 0 Å². The van der Waals surface area contributed by atoms with Gasteiger partial charge in [0.2, 0.25) is 0 Å². The van der Waals surface area contributed by atoms with E-state index in [0.29, 0.717) is 38.9 Å². The molecule has 0 aromatic rings. The van der Waals surface area contributed by atoms with E-state index >= 15 is 0 Å². The fraction of sp³-hybridized carbons (Fsp3) is 0.933. The minimum Gasteiger partial charge on any atom is -0.466 e. The van der Waals surface area contributed by atoms with Crippen molar-refractivity contribution < 1.29 is 19.1 Å². The highest BCUT2D eigenvalue weighted by Crippen LogP contribution is 2.13. The number of carbonyl (C=O) groups is 2. The maximum atomic E-state index is 11.8. The Kier molecular flexibility index (Phi) is 27.3. The normalized spacial score (nSPS) is 11.0. The van der Waals surface area contributed by atoms with Crippen LogP contribution in [0.15, 0.2) is 0 Å². The minimum absolute atomic E-state index is 0.129. The summed E-state index contributed by atoms with van der Waals surface area (Å²) in [5.41, 5.74) is 0. The first kappa shape index (κ1) is 32.9. The lowest BCUT2D eigenvalue weighted by Crippen LogP contribution is -2.08. The molecular weight excluding hydrogens is 424 g/mol. The molecule has 0 saturated carbocycles. The smallest absolute Gasteiger partial charge is 0.305 e. The van der Waals surface area contributed by atoms with Crippen LogP contribution >= 0.6 is 0 Å². The molecule has 0 radical (unpaired) electrons. The standard InChI is InChI=1S/C30H58O4/c1-3-5-7-9-11-12-13-14-15-16-17-18-20-24-28-34-30(32)26-22-21-25-29(31)33-27-23-19-10-8-6-4-2/h3-28H2,1-2H3. The highest BCUT2D eigenvalue weighted by molar-refractivity contribution is 5.70. The van der Waals surface area contributed by atoms with Gasteiger partial charge in [-0.2, -0.15) is 0 Å². The number of ether oxygens (including phenoxy) is 2. The van der Waals surface area contributed by atoms with Crippen LogP contribution in [0.5, 0.6) is 0 Å². The lowest BCUT2D eigenvalue weighted by Gasteiger charge is -2.06. The summed E-state index contributed by atoms with van der Waals surface area (Å²) < 4.78 is 10.6. The maximum Gasteiger partial charge on any atom is 0.305 e. The van der Waals surface area contributed by atoms with E-state index in [1.807, 2.05) is 0 Å². The summed E-state index contributed by atoms with van der Waals surface area (Å²) in [5, 5.41) is 0. The van der Waals surface area contributed by atoms with Crippen LogP contribution in [0.25, 0.3) is 0 Å². The van der Waals surface area contributed by atoms with Crippen LogP contribution < -0.4 is 0 Å². The second kappa shape index (κ2) is 28.2. The summed E-state index contributed by atoms with van der Waals surface area (Å²) in [7, 11) is 0. The van der Waals surface area contributed by atoms with Crippen LogP contribution in [0.2, 0.25) is 0 Å². The van der Waals surface area contributed by atoms with Crippen molar-refractivity contribution in [2.45, 2.75) is 168 Å². The Hall–Kier alpha value is -1.06. The zero-order valence-electron chi connectivity index (χ0n) is 23.0. The number of esters is 2. The predicted octanol–water partition coefficient (Wildman–Crippen LogP) is 9.48. The summed E-state index contributed by atoms with van der Waals surface area (Å²) >= 11 is 0. The molecule has 0 unspecified atom stereocenters. The molecule has 0 fully saturated rings. The van der Waals surface area contributed by atoms with Gasteiger partial charge in [-0.3, -0.25) is 9.59 Å². The molecule has 0 aromatic carbocycles. The fourth-order valence-corrected chi connectivity index (χ4v) is 4.23.